The second-order valence-corrected chi connectivity index (χ2v) is 8.42. The number of carbonyl (C=O) groups excluding carboxylic acids is 1. The van der Waals surface area contributed by atoms with E-state index in [1.165, 1.54) is 5.69 Å². The highest BCUT2D eigenvalue weighted by Gasteiger charge is 2.30. The fourth-order valence-electron chi connectivity index (χ4n) is 3.23. The SMILES string of the molecule is CC(C)N(C)c1ccccc1CN(C(=O)OC(C)(C)C)C1CCNCC1. The molecule has 146 valence electrons. The van der Waals surface area contributed by atoms with Gasteiger partial charge in [0.25, 0.3) is 0 Å². The van der Waals surface area contributed by atoms with Gasteiger partial charge in [-0.15, -0.1) is 0 Å². The minimum absolute atomic E-state index is 0.212. The Labute approximate surface area is 158 Å². The van der Waals surface area contributed by atoms with Crippen molar-refractivity contribution in [3.63, 3.8) is 0 Å². The van der Waals surface area contributed by atoms with Gasteiger partial charge in [-0.05, 0) is 72.2 Å². The summed E-state index contributed by atoms with van der Waals surface area (Å²) in [5, 5.41) is 3.38. The Morgan fingerprint density at radius 2 is 1.85 bits per heavy atom. The lowest BCUT2D eigenvalue weighted by Gasteiger charge is -2.37. The summed E-state index contributed by atoms with van der Waals surface area (Å²) in [5.74, 6) is 0. The molecule has 1 aliphatic heterocycles. The van der Waals surface area contributed by atoms with E-state index in [1.54, 1.807) is 0 Å². The quantitative estimate of drug-likeness (QED) is 0.860. The second-order valence-electron chi connectivity index (χ2n) is 8.42. The molecule has 1 aromatic rings. The van der Waals surface area contributed by atoms with Gasteiger partial charge in [-0.1, -0.05) is 18.2 Å². The first kappa shape index (κ1) is 20.6. The molecule has 1 aromatic carbocycles. The fraction of sp³-hybridized carbons (Fsp3) is 0.667. The van der Waals surface area contributed by atoms with Crippen LogP contribution in [0.25, 0.3) is 0 Å². The van der Waals surface area contributed by atoms with Crippen LogP contribution in [0.3, 0.4) is 0 Å². The zero-order chi connectivity index (χ0) is 19.3. The molecule has 0 aromatic heterocycles. The van der Waals surface area contributed by atoms with Gasteiger partial charge in [0.05, 0.1) is 6.54 Å². The van der Waals surface area contributed by atoms with E-state index in [0.29, 0.717) is 12.6 Å². The molecular formula is C21H35N3O2. The van der Waals surface area contributed by atoms with Gasteiger partial charge in [0.1, 0.15) is 5.60 Å². The maximum absolute atomic E-state index is 12.9. The van der Waals surface area contributed by atoms with Crippen molar-refractivity contribution in [2.45, 2.75) is 71.7 Å². The monoisotopic (exact) mass is 361 g/mol. The number of nitrogens with one attached hydrogen (secondary N) is 1. The summed E-state index contributed by atoms with van der Waals surface area (Å²) >= 11 is 0. The van der Waals surface area contributed by atoms with Gasteiger partial charge in [-0.3, -0.25) is 0 Å². The number of benzene rings is 1. The standard InChI is InChI=1S/C21H35N3O2/c1-16(2)23(6)19-10-8-7-9-17(19)15-24(18-11-13-22-14-12-18)20(25)26-21(3,4)5/h7-10,16,18,22H,11-15H2,1-6H3. The first-order valence-electron chi connectivity index (χ1n) is 9.70. The predicted molar refractivity (Wildman–Crippen MR) is 108 cm³/mol. The number of rotatable bonds is 5. The highest BCUT2D eigenvalue weighted by Crippen LogP contribution is 2.26. The minimum atomic E-state index is -0.490. The zero-order valence-corrected chi connectivity index (χ0v) is 17.2. The highest BCUT2D eigenvalue weighted by molar-refractivity contribution is 5.69. The number of para-hydroxylation sites is 1. The molecule has 0 unspecified atom stereocenters. The van der Waals surface area contributed by atoms with Crippen LogP contribution in [0.5, 0.6) is 0 Å². The molecule has 0 bridgehead atoms. The Balaban J connectivity index is 2.28. The maximum atomic E-state index is 12.9. The molecule has 0 radical (unpaired) electrons. The lowest BCUT2D eigenvalue weighted by molar-refractivity contribution is 0.0107. The first-order chi connectivity index (χ1) is 12.2. The van der Waals surface area contributed by atoms with Gasteiger partial charge < -0.3 is 19.9 Å². The summed E-state index contributed by atoms with van der Waals surface area (Å²) in [5.41, 5.74) is 1.84. The maximum Gasteiger partial charge on any atom is 0.410 e. The van der Waals surface area contributed by atoms with Crippen molar-refractivity contribution in [3.8, 4) is 0 Å². The van der Waals surface area contributed by atoms with Crippen molar-refractivity contribution in [2.24, 2.45) is 0 Å². The van der Waals surface area contributed by atoms with E-state index in [-0.39, 0.29) is 12.1 Å². The molecule has 0 atom stereocenters. The molecule has 1 N–H and O–H groups in total. The summed E-state index contributed by atoms with van der Waals surface area (Å²) in [6, 6.07) is 8.95. The van der Waals surface area contributed by atoms with E-state index >= 15 is 0 Å². The van der Waals surface area contributed by atoms with Gasteiger partial charge in [0.15, 0.2) is 0 Å². The van der Waals surface area contributed by atoms with Crippen LogP contribution in [0, 0.1) is 0 Å². The van der Waals surface area contributed by atoms with Crippen LogP contribution in [0.4, 0.5) is 10.5 Å². The Kier molecular flexibility index (Phi) is 6.93. The average molecular weight is 362 g/mol. The van der Waals surface area contributed by atoms with Crippen molar-refractivity contribution < 1.29 is 9.53 Å². The molecule has 1 aliphatic rings. The van der Waals surface area contributed by atoms with Gasteiger partial charge in [-0.25, -0.2) is 4.79 Å². The van der Waals surface area contributed by atoms with Crippen molar-refractivity contribution in [2.75, 3.05) is 25.0 Å². The van der Waals surface area contributed by atoms with Crippen molar-refractivity contribution >= 4 is 11.8 Å². The number of amides is 1. The van der Waals surface area contributed by atoms with Crippen LogP contribution >= 0.6 is 0 Å². The third kappa shape index (κ3) is 5.63. The van der Waals surface area contributed by atoms with Gasteiger partial charge in [0.2, 0.25) is 0 Å². The number of anilines is 1. The molecule has 26 heavy (non-hydrogen) atoms. The van der Waals surface area contributed by atoms with Crippen LogP contribution < -0.4 is 10.2 Å². The normalized spacial score (nSPS) is 15.8. The number of piperidine rings is 1. The molecule has 0 saturated carbocycles. The van der Waals surface area contributed by atoms with Crippen LogP contribution in [0.1, 0.15) is 53.0 Å². The van der Waals surface area contributed by atoms with Crippen molar-refractivity contribution in [3.05, 3.63) is 29.8 Å². The lowest BCUT2D eigenvalue weighted by atomic mass is 10.0. The third-order valence-electron chi connectivity index (χ3n) is 4.86. The minimum Gasteiger partial charge on any atom is -0.444 e. The Hall–Kier alpha value is -1.75. The van der Waals surface area contributed by atoms with Gasteiger partial charge >= 0.3 is 6.09 Å². The molecule has 5 nitrogen and oxygen atoms in total. The number of hydrogen-bond donors (Lipinski definition) is 1. The van der Waals surface area contributed by atoms with Crippen LogP contribution in [-0.2, 0) is 11.3 Å². The van der Waals surface area contributed by atoms with E-state index in [1.807, 2.05) is 31.7 Å². The number of carbonyl (C=O) groups is 1. The number of ether oxygens (including phenoxy) is 1. The van der Waals surface area contributed by atoms with Crippen molar-refractivity contribution in [1.82, 2.24) is 10.2 Å². The molecule has 1 heterocycles. The van der Waals surface area contributed by atoms with E-state index in [9.17, 15) is 4.79 Å². The highest BCUT2D eigenvalue weighted by atomic mass is 16.6. The van der Waals surface area contributed by atoms with Gasteiger partial charge in [0, 0.05) is 24.8 Å². The molecule has 0 aliphatic carbocycles. The summed E-state index contributed by atoms with van der Waals surface area (Å²) in [6.07, 6.45) is 1.70. The van der Waals surface area contributed by atoms with Gasteiger partial charge in [-0.2, -0.15) is 0 Å². The molecule has 1 fully saturated rings. The predicted octanol–water partition coefficient (Wildman–Crippen LogP) is 4.02. The van der Waals surface area contributed by atoms with E-state index in [4.69, 9.17) is 4.74 Å². The first-order valence-corrected chi connectivity index (χ1v) is 9.70. The fourth-order valence-corrected chi connectivity index (χ4v) is 3.23. The molecule has 5 heteroatoms. The van der Waals surface area contributed by atoms with E-state index in [2.05, 4.69) is 49.3 Å². The molecule has 1 saturated heterocycles. The Morgan fingerprint density at radius 1 is 1.23 bits per heavy atom. The summed E-state index contributed by atoms with van der Waals surface area (Å²) < 4.78 is 5.73. The van der Waals surface area contributed by atoms with Crippen LogP contribution in [-0.4, -0.2) is 48.8 Å². The molecule has 0 spiro atoms. The Bertz CT molecular complexity index is 589. The topological polar surface area (TPSA) is 44.8 Å². The molecule has 1 amide bonds. The van der Waals surface area contributed by atoms with Crippen LogP contribution in [0.15, 0.2) is 24.3 Å². The number of nitrogens with zero attached hydrogens (tertiary/aromatic N) is 2. The van der Waals surface area contributed by atoms with E-state index < -0.39 is 5.60 Å². The largest absolute Gasteiger partial charge is 0.444 e. The summed E-state index contributed by atoms with van der Waals surface area (Å²) in [4.78, 5) is 17.1. The number of hydrogen-bond acceptors (Lipinski definition) is 4. The smallest absolute Gasteiger partial charge is 0.410 e. The third-order valence-corrected chi connectivity index (χ3v) is 4.86. The summed E-state index contributed by atoms with van der Waals surface area (Å²) in [6.45, 7) is 12.6. The van der Waals surface area contributed by atoms with Crippen LogP contribution in [0.2, 0.25) is 0 Å². The second kappa shape index (κ2) is 8.76. The van der Waals surface area contributed by atoms with E-state index in [0.717, 1.165) is 31.5 Å². The zero-order valence-electron chi connectivity index (χ0n) is 17.2. The summed E-state index contributed by atoms with van der Waals surface area (Å²) in [7, 11) is 2.10. The Morgan fingerprint density at radius 3 is 2.42 bits per heavy atom. The molecule has 2 rings (SSSR count). The lowest BCUT2D eigenvalue weighted by Crippen LogP contribution is -2.47. The molecular weight excluding hydrogens is 326 g/mol. The average Bonchev–Trinajstić information content (AvgIpc) is 2.58. The van der Waals surface area contributed by atoms with Crippen molar-refractivity contribution in [1.29, 1.82) is 0 Å².